The van der Waals surface area contributed by atoms with Crippen molar-refractivity contribution in [1.82, 2.24) is 4.90 Å². The van der Waals surface area contributed by atoms with E-state index in [1.54, 1.807) is 7.11 Å². The smallest absolute Gasteiger partial charge is 0.253 e. The van der Waals surface area contributed by atoms with E-state index in [4.69, 9.17) is 15.2 Å². The topological polar surface area (TPSA) is 64.8 Å². The predicted molar refractivity (Wildman–Crippen MR) is 83.7 cm³/mol. The molecule has 0 saturated heterocycles. The fourth-order valence-corrected chi connectivity index (χ4v) is 2.27. The Morgan fingerprint density at radius 2 is 2.05 bits per heavy atom. The zero-order valence-electron chi connectivity index (χ0n) is 12.5. The van der Waals surface area contributed by atoms with Crippen LogP contribution in [-0.2, 0) is 16.1 Å². The van der Waals surface area contributed by atoms with Crippen LogP contribution >= 0.6 is 12.4 Å². The summed E-state index contributed by atoms with van der Waals surface area (Å²) in [4.78, 5) is 14.3. The normalized spacial score (nSPS) is 15.0. The zero-order valence-corrected chi connectivity index (χ0v) is 13.3. The maximum Gasteiger partial charge on any atom is 0.253 e. The molecule has 1 aliphatic rings. The number of hydrogen-bond donors (Lipinski definition) is 1. The Morgan fingerprint density at radius 1 is 1.38 bits per heavy atom. The Morgan fingerprint density at radius 3 is 2.57 bits per heavy atom. The standard InChI is InChI=1S/C15H22N2O3.ClH/c1-19-13-6-4-3-5-11(13)10-17(12-7-8-12)15(18)14(9-16)20-2;/h3-6,12,14H,7-10,16H2,1-2H3;1H. The van der Waals surface area contributed by atoms with Gasteiger partial charge in [-0.2, -0.15) is 0 Å². The summed E-state index contributed by atoms with van der Waals surface area (Å²) in [6, 6.07) is 8.05. The van der Waals surface area contributed by atoms with Crippen LogP contribution in [0.4, 0.5) is 0 Å². The van der Waals surface area contributed by atoms with Crippen LogP contribution in [0.3, 0.4) is 0 Å². The van der Waals surface area contributed by atoms with Gasteiger partial charge in [-0.3, -0.25) is 4.79 Å². The molecule has 1 aromatic rings. The van der Waals surface area contributed by atoms with Crippen LogP contribution in [0.1, 0.15) is 18.4 Å². The van der Waals surface area contributed by atoms with Crippen LogP contribution in [0, 0.1) is 0 Å². The van der Waals surface area contributed by atoms with Crippen molar-refractivity contribution in [2.24, 2.45) is 5.73 Å². The van der Waals surface area contributed by atoms with Crippen molar-refractivity contribution in [2.45, 2.75) is 31.5 Å². The molecule has 1 amide bonds. The summed E-state index contributed by atoms with van der Waals surface area (Å²) in [5.41, 5.74) is 6.60. The van der Waals surface area contributed by atoms with Crippen LogP contribution < -0.4 is 10.5 Å². The number of nitrogens with two attached hydrogens (primary N) is 1. The summed E-state index contributed by atoms with van der Waals surface area (Å²) in [5.74, 6) is 0.760. The third-order valence-electron chi connectivity index (χ3n) is 3.58. The Hall–Kier alpha value is -1.30. The van der Waals surface area contributed by atoms with E-state index < -0.39 is 6.10 Å². The fraction of sp³-hybridized carbons (Fsp3) is 0.533. The molecule has 0 spiro atoms. The van der Waals surface area contributed by atoms with E-state index in [0.29, 0.717) is 12.6 Å². The van der Waals surface area contributed by atoms with Gasteiger partial charge < -0.3 is 20.1 Å². The Bertz CT molecular complexity index is 462. The highest BCUT2D eigenvalue weighted by molar-refractivity contribution is 5.85. The molecule has 1 saturated carbocycles. The molecule has 6 heteroatoms. The van der Waals surface area contributed by atoms with Gasteiger partial charge in [-0.15, -0.1) is 12.4 Å². The molecule has 0 bridgehead atoms. The Kier molecular flexibility index (Phi) is 6.95. The van der Waals surface area contributed by atoms with Crippen LogP contribution in [0.2, 0.25) is 0 Å². The quantitative estimate of drug-likeness (QED) is 0.830. The van der Waals surface area contributed by atoms with E-state index in [9.17, 15) is 4.79 Å². The molecule has 2 rings (SSSR count). The third-order valence-corrected chi connectivity index (χ3v) is 3.58. The van der Waals surface area contributed by atoms with Crippen LogP contribution in [0.25, 0.3) is 0 Å². The molecule has 1 aromatic carbocycles. The number of benzene rings is 1. The summed E-state index contributed by atoms with van der Waals surface area (Å²) < 4.78 is 10.5. The van der Waals surface area contributed by atoms with Gasteiger partial charge in [0.05, 0.1) is 7.11 Å². The second-order valence-corrected chi connectivity index (χ2v) is 4.97. The molecule has 0 heterocycles. The molecule has 21 heavy (non-hydrogen) atoms. The largest absolute Gasteiger partial charge is 0.496 e. The van der Waals surface area contributed by atoms with Gasteiger partial charge in [-0.1, -0.05) is 18.2 Å². The number of para-hydroxylation sites is 1. The first-order valence-electron chi connectivity index (χ1n) is 6.86. The maximum absolute atomic E-state index is 12.5. The van der Waals surface area contributed by atoms with Crippen molar-refractivity contribution < 1.29 is 14.3 Å². The lowest BCUT2D eigenvalue weighted by Crippen LogP contribution is -2.44. The molecule has 1 atom stereocenters. The number of methoxy groups -OCH3 is 2. The second kappa shape index (κ2) is 8.22. The number of carbonyl (C=O) groups is 1. The molecule has 1 fully saturated rings. The lowest BCUT2D eigenvalue weighted by Gasteiger charge is -2.26. The Balaban J connectivity index is 0.00000220. The second-order valence-electron chi connectivity index (χ2n) is 4.97. The minimum absolute atomic E-state index is 0. The molecule has 1 unspecified atom stereocenters. The monoisotopic (exact) mass is 314 g/mol. The van der Waals surface area contributed by atoms with Gasteiger partial charge in [-0.05, 0) is 18.9 Å². The third kappa shape index (κ3) is 4.33. The summed E-state index contributed by atoms with van der Waals surface area (Å²) in [6.45, 7) is 0.734. The molecule has 5 nitrogen and oxygen atoms in total. The average Bonchev–Trinajstić information content (AvgIpc) is 3.30. The molecule has 0 aliphatic heterocycles. The number of halogens is 1. The number of nitrogens with zero attached hydrogens (tertiary/aromatic N) is 1. The number of ether oxygens (including phenoxy) is 2. The van der Waals surface area contributed by atoms with Gasteiger partial charge in [0, 0.05) is 31.8 Å². The van der Waals surface area contributed by atoms with Gasteiger partial charge >= 0.3 is 0 Å². The van der Waals surface area contributed by atoms with Gasteiger partial charge in [0.25, 0.3) is 5.91 Å². The van der Waals surface area contributed by atoms with Crippen molar-refractivity contribution in [3.8, 4) is 5.75 Å². The lowest BCUT2D eigenvalue weighted by atomic mass is 10.1. The highest BCUT2D eigenvalue weighted by atomic mass is 35.5. The van der Waals surface area contributed by atoms with E-state index in [2.05, 4.69) is 0 Å². The number of amides is 1. The molecule has 0 radical (unpaired) electrons. The Labute approximate surface area is 131 Å². The van der Waals surface area contributed by atoms with E-state index >= 15 is 0 Å². The number of hydrogen-bond acceptors (Lipinski definition) is 4. The van der Waals surface area contributed by atoms with Gasteiger partial charge in [0.15, 0.2) is 0 Å². The fourth-order valence-electron chi connectivity index (χ4n) is 2.27. The maximum atomic E-state index is 12.5. The number of rotatable bonds is 7. The molecule has 118 valence electrons. The molecule has 0 aromatic heterocycles. The minimum atomic E-state index is -0.565. The summed E-state index contributed by atoms with van der Waals surface area (Å²) in [5, 5.41) is 0. The minimum Gasteiger partial charge on any atom is -0.496 e. The molecule has 1 aliphatic carbocycles. The lowest BCUT2D eigenvalue weighted by molar-refractivity contribution is -0.142. The van der Waals surface area contributed by atoms with E-state index in [0.717, 1.165) is 24.2 Å². The van der Waals surface area contributed by atoms with Crippen molar-refractivity contribution in [1.29, 1.82) is 0 Å². The van der Waals surface area contributed by atoms with Crippen LogP contribution in [0.5, 0.6) is 5.75 Å². The zero-order chi connectivity index (χ0) is 14.5. The molecular formula is C15H23ClN2O3. The highest BCUT2D eigenvalue weighted by Gasteiger charge is 2.35. The highest BCUT2D eigenvalue weighted by Crippen LogP contribution is 2.31. The van der Waals surface area contributed by atoms with Crippen molar-refractivity contribution >= 4 is 18.3 Å². The SMILES string of the molecule is COc1ccccc1CN(C(=O)C(CN)OC)C1CC1.Cl. The van der Waals surface area contributed by atoms with Crippen LogP contribution in [0.15, 0.2) is 24.3 Å². The first kappa shape index (κ1) is 17.8. The van der Waals surface area contributed by atoms with Crippen molar-refractivity contribution in [2.75, 3.05) is 20.8 Å². The molecular weight excluding hydrogens is 292 g/mol. The van der Waals surface area contributed by atoms with E-state index in [-0.39, 0.29) is 24.9 Å². The van der Waals surface area contributed by atoms with Crippen molar-refractivity contribution in [3.05, 3.63) is 29.8 Å². The van der Waals surface area contributed by atoms with Gasteiger partial charge in [0.1, 0.15) is 11.9 Å². The summed E-state index contributed by atoms with van der Waals surface area (Å²) in [6.07, 6.45) is 1.52. The summed E-state index contributed by atoms with van der Waals surface area (Å²) in [7, 11) is 3.16. The van der Waals surface area contributed by atoms with E-state index in [1.165, 1.54) is 7.11 Å². The van der Waals surface area contributed by atoms with Crippen LogP contribution in [-0.4, -0.2) is 43.7 Å². The number of carbonyl (C=O) groups excluding carboxylic acids is 1. The first-order chi connectivity index (χ1) is 9.71. The van der Waals surface area contributed by atoms with E-state index in [1.807, 2.05) is 29.2 Å². The average molecular weight is 315 g/mol. The van der Waals surface area contributed by atoms with Gasteiger partial charge in [0.2, 0.25) is 0 Å². The van der Waals surface area contributed by atoms with Gasteiger partial charge in [-0.25, -0.2) is 0 Å². The molecule has 2 N–H and O–H groups in total. The van der Waals surface area contributed by atoms with Crippen molar-refractivity contribution in [3.63, 3.8) is 0 Å². The first-order valence-corrected chi connectivity index (χ1v) is 6.86. The predicted octanol–water partition coefficient (Wildman–Crippen LogP) is 1.58. The summed E-state index contributed by atoms with van der Waals surface area (Å²) >= 11 is 0.